The smallest absolute Gasteiger partial charge is 0.416 e. The molecule has 0 aliphatic heterocycles. The standard InChI is InChI=1S/C29H27F3N4O4/c1-33-28(38)26-17-24(8-9-34-26)40-23-7-6-18-4-5-19(12-20(18)13-23)27(37)35-22-14-21(29(30,31)32)15-25(16-22)39-11-10-36(2)3/h4-9,12-17H,10-11H2,1-3H3,(H,33,38)(H,35,37). The van der Waals surface area contributed by atoms with Gasteiger partial charge in [-0.05, 0) is 67.3 Å². The fourth-order valence-electron chi connectivity index (χ4n) is 3.76. The van der Waals surface area contributed by atoms with Crippen molar-refractivity contribution in [1.29, 1.82) is 0 Å². The SMILES string of the molecule is CNC(=O)c1cc(Oc2ccc3ccc(C(=O)Nc4cc(OCCN(C)C)cc(C(F)(F)F)c4)cc3c2)ccn1. The molecule has 2 amide bonds. The fraction of sp³-hybridized carbons (Fsp3) is 0.207. The van der Waals surface area contributed by atoms with E-state index in [4.69, 9.17) is 9.47 Å². The number of nitrogens with one attached hydrogen (secondary N) is 2. The van der Waals surface area contributed by atoms with Crippen LogP contribution in [0.1, 0.15) is 26.4 Å². The van der Waals surface area contributed by atoms with Crippen LogP contribution >= 0.6 is 0 Å². The van der Waals surface area contributed by atoms with Crippen molar-refractivity contribution in [2.45, 2.75) is 6.18 Å². The second kappa shape index (κ2) is 12.0. The average molecular weight is 553 g/mol. The summed E-state index contributed by atoms with van der Waals surface area (Å²) in [5.41, 5.74) is -0.536. The van der Waals surface area contributed by atoms with E-state index in [1.807, 2.05) is 19.0 Å². The molecule has 208 valence electrons. The number of hydrogen-bond acceptors (Lipinski definition) is 6. The third-order valence-electron chi connectivity index (χ3n) is 5.80. The maximum absolute atomic E-state index is 13.5. The fourth-order valence-corrected chi connectivity index (χ4v) is 3.76. The molecular weight excluding hydrogens is 525 g/mol. The van der Waals surface area contributed by atoms with Crippen molar-refractivity contribution in [3.05, 3.63) is 89.7 Å². The molecule has 0 spiro atoms. The van der Waals surface area contributed by atoms with Gasteiger partial charge in [0.25, 0.3) is 11.8 Å². The molecule has 0 aliphatic rings. The van der Waals surface area contributed by atoms with Crippen LogP contribution in [-0.4, -0.2) is 56.0 Å². The minimum atomic E-state index is -4.62. The Kier molecular flexibility index (Phi) is 8.54. The van der Waals surface area contributed by atoms with E-state index in [9.17, 15) is 22.8 Å². The zero-order valence-electron chi connectivity index (χ0n) is 22.0. The summed E-state index contributed by atoms with van der Waals surface area (Å²) in [6, 6.07) is 16.4. The van der Waals surface area contributed by atoms with Crippen molar-refractivity contribution >= 4 is 28.3 Å². The lowest BCUT2D eigenvalue weighted by atomic mass is 10.1. The monoisotopic (exact) mass is 552 g/mol. The molecule has 0 saturated carbocycles. The molecule has 3 aromatic carbocycles. The summed E-state index contributed by atoms with van der Waals surface area (Å²) in [6.45, 7) is 0.695. The van der Waals surface area contributed by atoms with Crippen LogP contribution in [0.4, 0.5) is 18.9 Å². The summed E-state index contributed by atoms with van der Waals surface area (Å²) in [4.78, 5) is 30.7. The molecule has 11 heteroatoms. The van der Waals surface area contributed by atoms with Gasteiger partial charge in [0.1, 0.15) is 29.5 Å². The zero-order valence-corrected chi connectivity index (χ0v) is 22.0. The van der Waals surface area contributed by atoms with Gasteiger partial charge in [0.05, 0.1) is 5.56 Å². The number of alkyl halides is 3. The van der Waals surface area contributed by atoms with Crippen LogP contribution in [0.15, 0.2) is 72.9 Å². The number of carbonyl (C=O) groups excluding carboxylic acids is 2. The van der Waals surface area contributed by atoms with Gasteiger partial charge in [-0.3, -0.25) is 14.6 Å². The number of halogens is 3. The van der Waals surface area contributed by atoms with Crippen LogP contribution < -0.4 is 20.1 Å². The first-order valence-electron chi connectivity index (χ1n) is 12.2. The van der Waals surface area contributed by atoms with Gasteiger partial charge in [-0.25, -0.2) is 0 Å². The summed E-state index contributed by atoms with van der Waals surface area (Å²) in [5, 5.41) is 6.53. The predicted molar refractivity (Wildman–Crippen MR) is 145 cm³/mol. The number of pyridine rings is 1. The number of nitrogens with zero attached hydrogens (tertiary/aromatic N) is 2. The topological polar surface area (TPSA) is 92.8 Å². The Morgan fingerprint density at radius 1 is 0.875 bits per heavy atom. The van der Waals surface area contributed by atoms with Crippen molar-refractivity contribution in [3.8, 4) is 17.2 Å². The lowest BCUT2D eigenvalue weighted by Crippen LogP contribution is -2.19. The number of carbonyl (C=O) groups is 2. The van der Waals surface area contributed by atoms with E-state index >= 15 is 0 Å². The largest absolute Gasteiger partial charge is 0.492 e. The number of anilines is 1. The number of ether oxygens (including phenoxy) is 2. The van der Waals surface area contributed by atoms with Gasteiger partial charge in [0.2, 0.25) is 0 Å². The minimum absolute atomic E-state index is 0.00274. The van der Waals surface area contributed by atoms with E-state index in [0.29, 0.717) is 23.4 Å². The normalized spacial score (nSPS) is 11.4. The van der Waals surface area contributed by atoms with Gasteiger partial charge in [-0.2, -0.15) is 13.2 Å². The first kappa shape index (κ1) is 28.4. The highest BCUT2D eigenvalue weighted by Crippen LogP contribution is 2.34. The Hall–Kier alpha value is -4.64. The predicted octanol–water partition coefficient (Wildman–Crippen LogP) is 5.60. The Balaban J connectivity index is 1.55. The molecule has 0 saturated heterocycles. The molecule has 0 atom stereocenters. The Labute approximate surface area is 228 Å². The molecule has 0 bridgehead atoms. The van der Waals surface area contributed by atoms with E-state index in [2.05, 4.69) is 15.6 Å². The van der Waals surface area contributed by atoms with Crippen LogP contribution in [0.25, 0.3) is 10.8 Å². The molecule has 4 rings (SSSR count). The highest BCUT2D eigenvalue weighted by molar-refractivity contribution is 6.06. The van der Waals surface area contributed by atoms with Gasteiger partial charge < -0.3 is 25.0 Å². The van der Waals surface area contributed by atoms with Crippen LogP contribution in [0.2, 0.25) is 0 Å². The van der Waals surface area contributed by atoms with Crippen molar-refractivity contribution in [2.24, 2.45) is 0 Å². The molecule has 4 aromatic rings. The molecule has 0 aliphatic carbocycles. The quantitative estimate of drug-likeness (QED) is 0.281. The highest BCUT2D eigenvalue weighted by atomic mass is 19.4. The van der Waals surface area contributed by atoms with Crippen molar-refractivity contribution in [2.75, 3.05) is 39.6 Å². The number of benzene rings is 3. The second-order valence-corrected chi connectivity index (χ2v) is 9.13. The maximum atomic E-state index is 13.5. The average Bonchev–Trinajstić information content (AvgIpc) is 2.91. The molecule has 8 nitrogen and oxygen atoms in total. The van der Waals surface area contributed by atoms with Gasteiger partial charge in [0.15, 0.2) is 0 Å². The molecule has 0 radical (unpaired) electrons. The third kappa shape index (κ3) is 7.26. The van der Waals surface area contributed by atoms with Crippen LogP contribution in [-0.2, 0) is 6.18 Å². The number of rotatable bonds is 9. The molecule has 0 unspecified atom stereocenters. The number of amides is 2. The van der Waals surface area contributed by atoms with Crippen LogP contribution in [0.5, 0.6) is 17.2 Å². The first-order valence-corrected chi connectivity index (χ1v) is 12.2. The van der Waals surface area contributed by atoms with E-state index in [1.165, 1.54) is 25.4 Å². The molecular formula is C29H27F3N4O4. The lowest BCUT2D eigenvalue weighted by Gasteiger charge is -2.15. The number of likely N-dealkylation sites (N-methyl/N-ethyl adjacent to an activating group) is 1. The van der Waals surface area contributed by atoms with E-state index in [0.717, 1.165) is 17.5 Å². The van der Waals surface area contributed by atoms with Crippen molar-refractivity contribution in [1.82, 2.24) is 15.2 Å². The zero-order chi connectivity index (χ0) is 28.9. The molecule has 1 heterocycles. The number of aromatic nitrogens is 1. The van der Waals surface area contributed by atoms with Gasteiger partial charge in [-0.1, -0.05) is 12.1 Å². The van der Waals surface area contributed by atoms with Gasteiger partial charge in [0, 0.05) is 43.2 Å². The highest BCUT2D eigenvalue weighted by Gasteiger charge is 2.31. The first-order chi connectivity index (χ1) is 19.0. The summed E-state index contributed by atoms with van der Waals surface area (Å²) in [6.07, 6.45) is -3.16. The van der Waals surface area contributed by atoms with Crippen molar-refractivity contribution < 1.29 is 32.2 Å². The van der Waals surface area contributed by atoms with Gasteiger partial charge >= 0.3 is 6.18 Å². The number of fused-ring (bicyclic) bond motifs is 1. The lowest BCUT2D eigenvalue weighted by molar-refractivity contribution is -0.137. The molecule has 1 aromatic heterocycles. The Morgan fingerprint density at radius 3 is 2.35 bits per heavy atom. The Morgan fingerprint density at radius 2 is 1.62 bits per heavy atom. The molecule has 2 N–H and O–H groups in total. The van der Waals surface area contributed by atoms with Gasteiger partial charge in [-0.15, -0.1) is 0 Å². The van der Waals surface area contributed by atoms with Crippen LogP contribution in [0.3, 0.4) is 0 Å². The second-order valence-electron chi connectivity index (χ2n) is 9.13. The summed E-state index contributed by atoms with van der Waals surface area (Å²) >= 11 is 0. The minimum Gasteiger partial charge on any atom is -0.492 e. The maximum Gasteiger partial charge on any atom is 0.416 e. The molecule has 0 fully saturated rings. The number of hydrogen-bond donors (Lipinski definition) is 2. The van der Waals surface area contributed by atoms with E-state index < -0.39 is 17.6 Å². The third-order valence-corrected chi connectivity index (χ3v) is 5.80. The Bertz CT molecular complexity index is 1540. The summed E-state index contributed by atoms with van der Waals surface area (Å²) < 4.78 is 51.9. The van der Waals surface area contributed by atoms with E-state index in [-0.39, 0.29) is 35.2 Å². The molecule has 40 heavy (non-hydrogen) atoms. The van der Waals surface area contributed by atoms with E-state index in [1.54, 1.807) is 42.5 Å². The van der Waals surface area contributed by atoms with Crippen LogP contribution in [0, 0.1) is 0 Å². The summed E-state index contributed by atoms with van der Waals surface area (Å²) in [5.74, 6) is -0.0850. The summed E-state index contributed by atoms with van der Waals surface area (Å²) in [7, 11) is 5.14. The van der Waals surface area contributed by atoms with Crippen molar-refractivity contribution in [3.63, 3.8) is 0 Å².